The molecule has 1 aromatic heterocycles. The van der Waals surface area contributed by atoms with Gasteiger partial charge in [0.2, 0.25) is 5.43 Å². The van der Waals surface area contributed by atoms with Crippen molar-refractivity contribution in [2.24, 2.45) is 11.8 Å². The Labute approximate surface area is 200 Å². The van der Waals surface area contributed by atoms with E-state index in [4.69, 9.17) is 4.74 Å². The van der Waals surface area contributed by atoms with Crippen molar-refractivity contribution in [1.82, 2.24) is 14.8 Å². The van der Waals surface area contributed by atoms with Crippen LogP contribution in [0.1, 0.15) is 66.1 Å². The summed E-state index contributed by atoms with van der Waals surface area (Å²) in [5, 5.41) is 13.2. The number of fused-ring (bicyclic) bond motifs is 2. The number of hydrogen-bond acceptors (Lipinski definition) is 5. The van der Waals surface area contributed by atoms with Crippen LogP contribution in [0.5, 0.6) is 5.75 Å². The molecule has 0 radical (unpaired) electrons. The minimum Gasteiger partial charge on any atom is -0.503 e. The van der Waals surface area contributed by atoms with Crippen molar-refractivity contribution in [1.29, 1.82) is 0 Å². The molecule has 2 amide bonds. The van der Waals surface area contributed by atoms with Crippen molar-refractivity contribution in [2.45, 2.75) is 64.6 Å². The standard InChI is InChI=1S/C25H27F2N3O5/c1-11-6-16(11)19-7-12(2)35-20-10-29-9-17(22(31)23(32)21(29)25(34)30(19)20)24(33)28-13(3)15-5-4-14(26)8-18(15)27/h4-5,8-9,11-13,16,19-20,32H,6-7,10H2,1-3H3,(H,28,33)/t11-,12?,13-,16+,19?,20+/m1/s1. The monoisotopic (exact) mass is 487 g/mol. The van der Waals surface area contributed by atoms with Gasteiger partial charge in [0, 0.05) is 23.9 Å². The van der Waals surface area contributed by atoms with Crippen molar-refractivity contribution >= 4 is 11.8 Å². The number of benzene rings is 1. The molecule has 1 aromatic carbocycles. The largest absolute Gasteiger partial charge is 0.503 e. The van der Waals surface area contributed by atoms with Crippen LogP contribution in [-0.4, -0.2) is 44.8 Å². The molecule has 1 saturated carbocycles. The molecule has 2 fully saturated rings. The number of rotatable bonds is 4. The molecule has 186 valence electrons. The smallest absolute Gasteiger partial charge is 0.276 e. The van der Waals surface area contributed by atoms with E-state index in [1.54, 1.807) is 4.90 Å². The molecule has 1 saturated heterocycles. The molecule has 3 heterocycles. The first kappa shape index (κ1) is 23.5. The fourth-order valence-corrected chi connectivity index (χ4v) is 5.41. The summed E-state index contributed by atoms with van der Waals surface area (Å²) in [4.78, 5) is 40.9. The predicted octanol–water partition coefficient (Wildman–Crippen LogP) is 2.94. The van der Waals surface area contributed by atoms with Crippen LogP contribution in [-0.2, 0) is 11.3 Å². The van der Waals surface area contributed by atoms with Crippen LogP contribution in [0, 0.1) is 23.5 Å². The summed E-state index contributed by atoms with van der Waals surface area (Å²) in [6.45, 7) is 5.73. The van der Waals surface area contributed by atoms with E-state index in [1.807, 2.05) is 6.92 Å². The van der Waals surface area contributed by atoms with Crippen molar-refractivity contribution in [2.75, 3.05) is 0 Å². The van der Waals surface area contributed by atoms with Gasteiger partial charge in [-0.2, -0.15) is 0 Å². The highest BCUT2D eigenvalue weighted by Crippen LogP contribution is 2.47. The first-order valence-electron chi connectivity index (χ1n) is 11.8. The van der Waals surface area contributed by atoms with Gasteiger partial charge >= 0.3 is 0 Å². The highest BCUT2D eigenvalue weighted by Gasteiger charge is 2.51. The molecule has 3 aliphatic rings. The first-order chi connectivity index (χ1) is 16.6. The molecule has 5 rings (SSSR count). The Kier molecular flexibility index (Phi) is 5.66. The highest BCUT2D eigenvalue weighted by molar-refractivity contribution is 5.99. The van der Waals surface area contributed by atoms with Crippen LogP contribution in [0.15, 0.2) is 29.2 Å². The van der Waals surface area contributed by atoms with Gasteiger partial charge < -0.3 is 24.6 Å². The number of halogens is 2. The Bertz CT molecular complexity index is 1280. The lowest BCUT2D eigenvalue weighted by molar-refractivity contribution is -0.153. The van der Waals surface area contributed by atoms with Gasteiger partial charge in [0.05, 0.1) is 18.7 Å². The summed E-state index contributed by atoms with van der Waals surface area (Å²) < 4.78 is 34.7. The molecule has 35 heavy (non-hydrogen) atoms. The van der Waals surface area contributed by atoms with Gasteiger partial charge in [0.15, 0.2) is 17.7 Å². The van der Waals surface area contributed by atoms with Crippen molar-refractivity contribution in [3.63, 3.8) is 0 Å². The lowest BCUT2D eigenvalue weighted by Crippen LogP contribution is -2.60. The number of amides is 2. The van der Waals surface area contributed by atoms with E-state index in [9.17, 15) is 28.3 Å². The van der Waals surface area contributed by atoms with Crippen LogP contribution in [0.3, 0.4) is 0 Å². The van der Waals surface area contributed by atoms with Gasteiger partial charge in [0.25, 0.3) is 11.8 Å². The third-order valence-electron chi connectivity index (χ3n) is 7.36. The molecule has 2 aliphatic heterocycles. The SMILES string of the molecule is CC1CC([C@H]2C[C@H]2C)N2C(=O)c3c(O)c(=O)c(C(=O)N[C@H](C)c4ccc(F)cc4F)cn3C[C@@H]2O1. The second-order valence-corrected chi connectivity index (χ2v) is 9.88. The van der Waals surface area contributed by atoms with Gasteiger partial charge in [0.1, 0.15) is 17.2 Å². The Morgan fingerprint density at radius 2 is 1.94 bits per heavy atom. The van der Waals surface area contributed by atoms with Crippen LogP contribution in [0.4, 0.5) is 8.78 Å². The molecule has 6 atom stereocenters. The number of nitrogens with one attached hydrogen (secondary N) is 1. The zero-order valence-corrected chi connectivity index (χ0v) is 19.6. The van der Waals surface area contributed by atoms with E-state index in [0.29, 0.717) is 24.3 Å². The molecule has 10 heteroatoms. The van der Waals surface area contributed by atoms with Crippen LogP contribution < -0.4 is 10.7 Å². The van der Waals surface area contributed by atoms with E-state index < -0.39 is 52.5 Å². The van der Waals surface area contributed by atoms with Crippen LogP contribution >= 0.6 is 0 Å². The molecule has 2 aromatic rings. The zero-order valence-electron chi connectivity index (χ0n) is 19.6. The minimum absolute atomic E-state index is 0.0380. The number of carbonyl (C=O) groups is 2. The maximum absolute atomic E-state index is 14.1. The third-order valence-corrected chi connectivity index (χ3v) is 7.36. The molecule has 0 spiro atoms. The van der Waals surface area contributed by atoms with Gasteiger partial charge in [-0.25, -0.2) is 8.78 Å². The summed E-state index contributed by atoms with van der Waals surface area (Å²) in [5.41, 5.74) is -1.51. The first-order valence-corrected chi connectivity index (χ1v) is 11.8. The minimum atomic E-state index is -0.991. The molecular formula is C25H27F2N3O5. The van der Waals surface area contributed by atoms with Crippen LogP contribution in [0.25, 0.3) is 0 Å². The summed E-state index contributed by atoms with van der Waals surface area (Å²) >= 11 is 0. The van der Waals surface area contributed by atoms with E-state index >= 15 is 0 Å². The summed E-state index contributed by atoms with van der Waals surface area (Å²) in [6.07, 6.45) is 2.28. The topological polar surface area (TPSA) is 101 Å². The molecule has 2 N–H and O–H groups in total. The second kappa shape index (κ2) is 8.44. The number of nitrogens with zero attached hydrogens (tertiary/aromatic N) is 2. The summed E-state index contributed by atoms with van der Waals surface area (Å²) in [6, 6.07) is 2.06. The lowest BCUT2D eigenvalue weighted by atomic mass is 9.97. The maximum Gasteiger partial charge on any atom is 0.276 e. The normalized spacial score (nSPS) is 28.2. The van der Waals surface area contributed by atoms with Crippen molar-refractivity contribution < 1.29 is 28.2 Å². The Morgan fingerprint density at radius 1 is 1.23 bits per heavy atom. The van der Waals surface area contributed by atoms with Crippen molar-refractivity contribution in [3.05, 3.63) is 63.1 Å². The molecule has 1 aliphatic carbocycles. The Morgan fingerprint density at radius 3 is 2.60 bits per heavy atom. The average Bonchev–Trinajstić information content (AvgIpc) is 3.51. The fraction of sp³-hybridized carbons (Fsp3) is 0.480. The third kappa shape index (κ3) is 3.99. The van der Waals surface area contributed by atoms with Gasteiger partial charge in [-0.15, -0.1) is 0 Å². The van der Waals surface area contributed by atoms with E-state index in [1.165, 1.54) is 23.8 Å². The number of aromatic hydroxyl groups is 1. The van der Waals surface area contributed by atoms with E-state index in [2.05, 4.69) is 12.2 Å². The number of pyridine rings is 1. The Balaban J connectivity index is 1.46. The average molecular weight is 488 g/mol. The van der Waals surface area contributed by atoms with Gasteiger partial charge in [-0.05, 0) is 44.6 Å². The number of ether oxygens (including phenoxy) is 1. The highest BCUT2D eigenvalue weighted by atomic mass is 19.1. The zero-order chi connectivity index (χ0) is 25.2. The van der Waals surface area contributed by atoms with E-state index in [0.717, 1.165) is 12.5 Å². The molecule has 0 bridgehead atoms. The number of carbonyl (C=O) groups excluding carboxylic acids is 2. The van der Waals surface area contributed by atoms with Crippen molar-refractivity contribution in [3.8, 4) is 5.75 Å². The predicted molar refractivity (Wildman–Crippen MR) is 121 cm³/mol. The second-order valence-electron chi connectivity index (χ2n) is 9.88. The number of hydrogen-bond donors (Lipinski definition) is 2. The Hall–Kier alpha value is -3.27. The van der Waals surface area contributed by atoms with Crippen LogP contribution in [0.2, 0.25) is 0 Å². The molecular weight excluding hydrogens is 460 g/mol. The fourth-order valence-electron chi connectivity index (χ4n) is 5.41. The molecule has 8 nitrogen and oxygen atoms in total. The quantitative estimate of drug-likeness (QED) is 0.691. The number of aromatic nitrogens is 1. The lowest BCUT2D eigenvalue weighted by Gasteiger charge is -2.47. The maximum atomic E-state index is 14.1. The van der Waals surface area contributed by atoms with Gasteiger partial charge in [-0.1, -0.05) is 13.0 Å². The molecule has 2 unspecified atom stereocenters. The summed E-state index contributed by atoms with van der Waals surface area (Å²) in [7, 11) is 0. The van der Waals surface area contributed by atoms with Gasteiger partial charge in [-0.3, -0.25) is 14.4 Å². The van der Waals surface area contributed by atoms with E-state index in [-0.39, 0.29) is 29.9 Å². The summed E-state index contributed by atoms with van der Waals surface area (Å²) in [5.74, 6) is -2.89.